The van der Waals surface area contributed by atoms with Gasteiger partial charge in [0.25, 0.3) is 5.91 Å². The molecule has 3 atom stereocenters. The quantitative estimate of drug-likeness (QED) is 0.0698. The molecule has 0 unspecified atom stereocenters. The highest BCUT2D eigenvalue weighted by atomic mass is 32.2. The molecular weight excluding hydrogens is 727 g/mol. The van der Waals surface area contributed by atoms with Gasteiger partial charge in [0.2, 0.25) is 0 Å². The SMILES string of the molecule is COc1ccc(C(SOC[C@H]2O[C@@H](n3cnc4c(NC(=O)c5ccccc5)ncnc43)C[C@@H]2O[Si](C)(C)C(C)(C)C)(c2ccccc2)c2ccccc2)cc1. The number of methoxy groups -OCH3 is 1. The zero-order chi connectivity index (χ0) is 38.6. The number of imidazole rings is 1. The van der Waals surface area contributed by atoms with Crippen LogP contribution in [0.25, 0.3) is 11.2 Å². The van der Waals surface area contributed by atoms with Gasteiger partial charge in [0.1, 0.15) is 29.2 Å². The fourth-order valence-electron chi connectivity index (χ4n) is 6.63. The largest absolute Gasteiger partial charge is 0.497 e. The molecule has 1 fully saturated rings. The highest BCUT2D eigenvalue weighted by Gasteiger charge is 2.46. The number of aromatic nitrogens is 4. The summed E-state index contributed by atoms with van der Waals surface area (Å²) in [4.78, 5) is 26.6. The predicted molar refractivity (Wildman–Crippen MR) is 220 cm³/mol. The minimum Gasteiger partial charge on any atom is -0.497 e. The van der Waals surface area contributed by atoms with Crippen LogP contribution in [0.15, 0.2) is 128 Å². The van der Waals surface area contributed by atoms with Crippen molar-refractivity contribution in [2.75, 3.05) is 19.0 Å². The molecule has 0 radical (unpaired) electrons. The Bertz CT molecular complexity index is 2160. The van der Waals surface area contributed by atoms with E-state index in [1.807, 2.05) is 47.0 Å². The molecule has 7 rings (SSSR count). The summed E-state index contributed by atoms with van der Waals surface area (Å²) in [6.07, 6.45) is 2.59. The maximum atomic E-state index is 13.0. The molecule has 3 heterocycles. The molecule has 12 heteroatoms. The third-order valence-electron chi connectivity index (χ3n) is 10.6. The van der Waals surface area contributed by atoms with Gasteiger partial charge in [-0.3, -0.25) is 9.36 Å². The zero-order valence-corrected chi connectivity index (χ0v) is 33.8. The van der Waals surface area contributed by atoms with E-state index in [0.29, 0.717) is 29.0 Å². The first-order valence-electron chi connectivity index (χ1n) is 18.4. The maximum absolute atomic E-state index is 13.0. The Labute approximate surface area is 328 Å². The van der Waals surface area contributed by atoms with Gasteiger partial charge in [0.15, 0.2) is 25.3 Å². The summed E-state index contributed by atoms with van der Waals surface area (Å²) in [6.45, 7) is 11.5. The Hall–Kier alpha value is -4.85. The number of ether oxygens (including phenoxy) is 2. The van der Waals surface area contributed by atoms with Crippen molar-refractivity contribution < 1.29 is 22.9 Å². The second-order valence-electron chi connectivity index (χ2n) is 15.2. The lowest BCUT2D eigenvalue weighted by molar-refractivity contribution is -0.0331. The first-order valence-corrected chi connectivity index (χ1v) is 22.1. The number of hydrogen-bond acceptors (Lipinski definition) is 9. The molecule has 6 aromatic rings. The normalized spacial score (nSPS) is 17.7. The lowest BCUT2D eigenvalue weighted by atomic mass is 9.84. The number of carbonyl (C=O) groups excluding carboxylic acids is 1. The van der Waals surface area contributed by atoms with E-state index >= 15 is 0 Å². The number of fused-ring (bicyclic) bond motifs is 1. The van der Waals surface area contributed by atoms with E-state index < -0.39 is 25.4 Å². The number of anilines is 1. The van der Waals surface area contributed by atoms with Crippen LogP contribution in [0.5, 0.6) is 5.75 Å². The Morgan fingerprint density at radius 1 is 0.855 bits per heavy atom. The molecule has 0 saturated carbocycles. The van der Waals surface area contributed by atoms with E-state index in [2.05, 4.69) is 115 Å². The lowest BCUT2D eigenvalue weighted by Crippen LogP contribution is -2.46. The first-order chi connectivity index (χ1) is 26.5. The zero-order valence-electron chi connectivity index (χ0n) is 32.0. The van der Waals surface area contributed by atoms with Crippen LogP contribution >= 0.6 is 12.0 Å². The average Bonchev–Trinajstić information content (AvgIpc) is 3.81. The van der Waals surface area contributed by atoms with Crippen LogP contribution in [-0.2, 0) is 18.1 Å². The molecule has 10 nitrogen and oxygen atoms in total. The first kappa shape index (κ1) is 38.4. The Balaban J connectivity index is 1.19. The van der Waals surface area contributed by atoms with Crippen molar-refractivity contribution in [1.29, 1.82) is 0 Å². The van der Waals surface area contributed by atoms with Gasteiger partial charge in [-0.25, -0.2) is 15.0 Å². The van der Waals surface area contributed by atoms with Crippen LogP contribution in [0, 0.1) is 0 Å². The molecule has 0 spiro atoms. The fourth-order valence-corrected chi connectivity index (χ4v) is 9.06. The molecule has 0 bridgehead atoms. The summed E-state index contributed by atoms with van der Waals surface area (Å²) in [6, 6.07) is 38.0. The molecule has 0 aliphatic carbocycles. The van der Waals surface area contributed by atoms with Gasteiger partial charge in [-0.1, -0.05) is 112 Å². The standard InChI is InChI=1S/C43H47N5O5SSi/c1-42(2,3)55(5,6)53-35-26-37(48-29-46-38-39(44-28-45-40(38)48)47-41(49)30-16-10-7-11-17-30)52-36(35)27-51-54-43(31-18-12-8-13-19-31,32-20-14-9-15-21-32)33-22-24-34(50-4)25-23-33/h7-25,28-29,35-37H,26-27H2,1-6H3,(H,44,45,47,49)/t35-,36+,37+/m0/s1. The smallest absolute Gasteiger partial charge is 0.256 e. The molecule has 1 saturated heterocycles. The molecule has 1 N–H and O–H groups in total. The number of rotatable bonds is 13. The van der Waals surface area contributed by atoms with Crippen LogP contribution in [0.3, 0.4) is 0 Å². The monoisotopic (exact) mass is 773 g/mol. The third-order valence-corrected chi connectivity index (χ3v) is 16.4. The number of carbonyl (C=O) groups is 1. The topological polar surface area (TPSA) is 110 Å². The number of hydrogen-bond donors (Lipinski definition) is 1. The fraction of sp³-hybridized carbons (Fsp3) is 0.302. The van der Waals surface area contributed by atoms with Crippen LogP contribution in [-0.4, -0.2) is 59.7 Å². The van der Waals surface area contributed by atoms with Gasteiger partial charge in [-0.05, 0) is 59.1 Å². The van der Waals surface area contributed by atoms with Crippen molar-refractivity contribution in [3.63, 3.8) is 0 Å². The molecule has 2 aromatic heterocycles. The second-order valence-corrected chi connectivity index (χ2v) is 20.9. The van der Waals surface area contributed by atoms with Gasteiger partial charge < -0.3 is 23.4 Å². The minimum absolute atomic E-state index is 0.0177. The van der Waals surface area contributed by atoms with Crippen molar-refractivity contribution in [3.05, 3.63) is 150 Å². The van der Waals surface area contributed by atoms with E-state index in [4.69, 9.17) is 18.1 Å². The summed E-state index contributed by atoms with van der Waals surface area (Å²) in [5.74, 6) is 0.836. The minimum atomic E-state index is -2.23. The van der Waals surface area contributed by atoms with Crippen molar-refractivity contribution in [2.45, 2.75) is 68.5 Å². The summed E-state index contributed by atoms with van der Waals surface area (Å²) >= 11 is 1.42. The predicted octanol–water partition coefficient (Wildman–Crippen LogP) is 9.42. The highest BCUT2D eigenvalue weighted by molar-refractivity contribution is 7.96. The van der Waals surface area contributed by atoms with E-state index in [0.717, 1.165) is 22.4 Å². The Kier molecular flexibility index (Phi) is 11.2. The van der Waals surface area contributed by atoms with Crippen LogP contribution in [0.4, 0.5) is 5.82 Å². The molecule has 1 aliphatic rings. The number of nitrogens with zero attached hydrogens (tertiary/aromatic N) is 4. The van der Waals surface area contributed by atoms with Crippen LogP contribution in [0.2, 0.25) is 18.1 Å². The van der Waals surface area contributed by atoms with E-state index in [1.165, 1.54) is 18.4 Å². The summed E-state index contributed by atoms with van der Waals surface area (Å²) in [5, 5.41) is 2.89. The molecule has 4 aromatic carbocycles. The van der Waals surface area contributed by atoms with E-state index in [9.17, 15) is 4.79 Å². The van der Waals surface area contributed by atoms with E-state index in [-0.39, 0.29) is 23.7 Å². The van der Waals surface area contributed by atoms with Gasteiger partial charge in [0, 0.05) is 24.0 Å². The van der Waals surface area contributed by atoms with Crippen molar-refractivity contribution in [1.82, 2.24) is 19.5 Å². The van der Waals surface area contributed by atoms with Crippen LogP contribution in [0.1, 0.15) is 60.5 Å². The maximum Gasteiger partial charge on any atom is 0.256 e. The van der Waals surface area contributed by atoms with Gasteiger partial charge in [0.05, 0.1) is 26.1 Å². The van der Waals surface area contributed by atoms with Crippen molar-refractivity contribution >= 4 is 43.2 Å². The number of benzene rings is 4. The Morgan fingerprint density at radius 3 is 2.05 bits per heavy atom. The van der Waals surface area contributed by atoms with Gasteiger partial charge in [-0.2, -0.15) is 0 Å². The van der Waals surface area contributed by atoms with Crippen LogP contribution < -0.4 is 10.1 Å². The number of nitrogens with one attached hydrogen (secondary N) is 1. The Morgan fingerprint density at radius 2 is 1.45 bits per heavy atom. The number of amides is 1. The van der Waals surface area contributed by atoms with Crippen molar-refractivity contribution in [3.8, 4) is 5.75 Å². The molecule has 284 valence electrons. The lowest BCUT2D eigenvalue weighted by Gasteiger charge is -2.39. The average molecular weight is 774 g/mol. The summed E-state index contributed by atoms with van der Waals surface area (Å²) in [7, 11) is -0.560. The molecule has 1 amide bonds. The third kappa shape index (κ3) is 7.96. The van der Waals surface area contributed by atoms with Gasteiger partial charge >= 0.3 is 0 Å². The molecule has 55 heavy (non-hydrogen) atoms. The summed E-state index contributed by atoms with van der Waals surface area (Å²) < 4.78 is 27.5. The van der Waals surface area contributed by atoms with Crippen molar-refractivity contribution in [2.24, 2.45) is 0 Å². The highest BCUT2D eigenvalue weighted by Crippen LogP contribution is 2.50. The molecule has 1 aliphatic heterocycles. The molecular formula is C43H47N5O5SSi. The summed E-state index contributed by atoms with van der Waals surface area (Å²) in [5.41, 5.74) is 4.76. The van der Waals surface area contributed by atoms with Gasteiger partial charge in [-0.15, -0.1) is 0 Å². The van der Waals surface area contributed by atoms with E-state index in [1.54, 1.807) is 25.6 Å². The second kappa shape index (κ2) is 16.1.